The Morgan fingerprint density at radius 2 is 1.89 bits per heavy atom. The van der Waals surface area contributed by atoms with Crippen molar-refractivity contribution >= 4 is 23.6 Å². The Morgan fingerprint density at radius 3 is 2.54 bits per heavy atom. The fraction of sp³-hybridized carbons (Fsp3) is 0.500. The molecule has 1 aromatic rings. The lowest BCUT2D eigenvalue weighted by Crippen LogP contribution is -2.54. The summed E-state index contributed by atoms with van der Waals surface area (Å²) in [4.78, 5) is 52.2. The summed E-state index contributed by atoms with van der Waals surface area (Å²) in [5.41, 5.74) is 7.64. The van der Waals surface area contributed by atoms with Crippen LogP contribution in [0.25, 0.3) is 0 Å². The van der Waals surface area contributed by atoms with Crippen LogP contribution in [0.4, 0.5) is 0 Å². The highest BCUT2D eigenvalue weighted by molar-refractivity contribution is 6.23. The molecule has 0 radical (unpaired) electrons. The molecule has 0 aromatic heterocycles. The number of hydrogen-bond acceptors (Lipinski definition) is 6. The highest BCUT2D eigenvalue weighted by Gasteiger charge is 2.45. The molecule has 8 nitrogen and oxygen atoms in total. The predicted octanol–water partition coefficient (Wildman–Crippen LogP) is 0.259. The van der Waals surface area contributed by atoms with E-state index in [1.165, 1.54) is 0 Å². The van der Waals surface area contributed by atoms with Crippen molar-refractivity contribution in [2.45, 2.75) is 38.3 Å². The Kier molecular flexibility index (Phi) is 4.55. The van der Waals surface area contributed by atoms with E-state index >= 15 is 0 Å². The smallest absolute Gasteiger partial charge is 0.262 e. The largest absolute Gasteiger partial charge is 0.330 e. The van der Waals surface area contributed by atoms with Crippen LogP contribution >= 0.6 is 0 Å². The van der Waals surface area contributed by atoms with Gasteiger partial charge in [-0.25, -0.2) is 0 Å². The summed E-state index contributed by atoms with van der Waals surface area (Å²) in [7, 11) is 2.02. The molecule has 148 valence electrons. The molecule has 2 fully saturated rings. The summed E-state index contributed by atoms with van der Waals surface area (Å²) in [6.07, 6.45) is 2.56. The highest BCUT2D eigenvalue weighted by Crippen LogP contribution is 2.45. The summed E-state index contributed by atoms with van der Waals surface area (Å²) < 4.78 is 0. The van der Waals surface area contributed by atoms with Gasteiger partial charge in [0.2, 0.25) is 11.8 Å². The zero-order chi connectivity index (χ0) is 20.1. The molecule has 28 heavy (non-hydrogen) atoms. The van der Waals surface area contributed by atoms with Crippen LogP contribution in [-0.4, -0.2) is 59.6 Å². The lowest BCUT2D eigenvalue weighted by molar-refractivity contribution is -0.136. The number of carbonyl (C=O) groups excluding carboxylic acids is 4. The van der Waals surface area contributed by atoms with Gasteiger partial charge in [-0.05, 0) is 56.0 Å². The topological polar surface area (TPSA) is 113 Å². The van der Waals surface area contributed by atoms with E-state index in [1.807, 2.05) is 13.1 Å². The maximum Gasteiger partial charge on any atom is 0.262 e. The number of fused-ring (bicyclic) bond motifs is 1. The Balaban J connectivity index is 1.51. The number of rotatable bonds is 6. The van der Waals surface area contributed by atoms with Crippen LogP contribution in [0, 0.1) is 5.41 Å². The predicted molar refractivity (Wildman–Crippen MR) is 100 cm³/mol. The Hall–Kier alpha value is -2.58. The lowest BCUT2D eigenvalue weighted by Gasteiger charge is -2.27. The average molecular weight is 384 g/mol. The van der Waals surface area contributed by atoms with Gasteiger partial charge in [0.25, 0.3) is 11.8 Å². The second kappa shape index (κ2) is 6.79. The lowest BCUT2D eigenvalue weighted by atomic mass is 10.0. The number of nitrogens with one attached hydrogen (secondary N) is 1. The molecule has 2 heterocycles. The normalized spacial score (nSPS) is 23.2. The van der Waals surface area contributed by atoms with Gasteiger partial charge in [-0.15, -0.1) is 0 Å². The number of hydrogen-bond donors (Lipinski definition) is 2. The average Bonchev–Trinajstić information content (AvgIpc) is 3.38. The summed E-state index contributed by atoms with van der Waals surface area (Å²) in [5, 5.41) is 2.20. The van der Waals surface area contributed by atoms with Crippen molar-refractivity contribution in [2.24, 2.45) is 11.1 Å². The van der Waals surface area contributed by atoms with Gasteiger partial charge in [0.05, 0.1) is 11.1 Å². The van der Waals surface area contributed by atoms with E-state index in [4.69, 9.17) is 5.73 Å². The van der Waals surface area contributed by atoms with Crippen molar-refractivity contribution in [3.05, 3.63) is 34.9 Å². The van der Waals surface area contributed by atoms with Gasteiger partial charge in [-0.3, -0.25) is 29.4 Å². The third-order valence-electron chi connectivity index (χ3n) is 5.95. The molecule has 0 spiro atoms. The fourth-order valence-electron chi connectivity index (χ4n) is 4.16. The van der Waals surface area contributed by atoms with E-state index in [0.717, 1.165) is 29.8 Å². The van der Waals surface area contributed by atoms with Crippen LogP contribution in [0.2, 0.25) is 0 Å². The molecule has 0 bridgehead atoms. The highest BCUT2D eigenvalue weighted by atomic mass is 16.2. The maximum atomic E-state index is 12.9. The Labute approximate surface area is 163 Å². The van der Waals surface area contributed by atoms with E-state index in [-0.39, 0.29) is 24.2 Å². The third-order valence-corrected chi connectivity index (χ3v) is 5.95. The van der Waals surface area contributed by atoms with E-state index in [1.54, 1.807) is 12.1 Å². The van der Waals surface area contributed by atoms with Crippen molar-refractivity contribution in [1.82, 2.24) is 15.1 Å². The van der Waals surface area contributed by atoms with Crippen LogP contribution in [0.5, 0.6) is 0 Å². The first-order valence-corrected chi connectivity index (χ1v) is 9.57. The van der Waals surface area contributed by atoms with Crippen LogP contribution in [-0.2, 0) is 16.1 Å². The van der Waals surface area contributed by atoms with E-state index < -0.39 is 23.8 Å². The van der Waals surface area contributed by atoms with Gasteiger partial charge in [0, 0.05) is 19.5 Å². The first kappa shape index (κ1) is 18.8. The van der Waals surface area contributed by atoms with Crippen LogP contribution in [0.1, 0.15) is 52.0 Å². The second-order valence-electron chi connectivity index (χ2n) is 8.20. The van der Waals surface area contributed by atoms with Crippen molar-refractivity contribution < 1.29 is 19.2 Å². The molecule has 1 saturated carbocycles. The Morgan fingerprint density at radius 1 is 1.18 bits per heavy atom. The molecular weight excluding hydrogens is 360 g/mol. The molecule has 3 aliphatic rings. The van der Waals surface area contributed by atoms with Crippen molar-refractivity contribution in [2.75, 3.05) is 20.1 Å². The van der Waals surface area contributed by atoms with Crippen molar-refractivity contribution in [1.29, 1.82) is 0 Å². The molecule has 8 heteroatoms. The van der Waals surface area contributed by atoms with Gasteiger partial charge in [0.15, 0.2) is 0 Å². The van der Waals surface area contributed by atoms with Crippen LogP contribution in [0.15, 0.2) is 18.2 Å². The maximum absolute atomic E-state index is 12.9. The summed E-state index contributed by atoms with van der Waals surface area (Å²) in [6.45, 7) is 2.22. The molecular formula is C20H24N4O4. The number of carbonyl (C=O) groups is 4. The van der Waals surface area contributed by atoms with E-state index in [2.05, 4.69) is 10.2 Å². The second-order valence-corrected chi connectivity index (χ2v) is 8.20. The molecule has 4 amide bonds. The van der Waals surface area contributed by atoms with Gasteiger partial charge < -0.3 is 10.6 Å². The minimum absolute atomic E-state index is 0.114. The zero-order valence-corrected chi connectivity index (χ0v) is 15.9. The Bertz CT molecular complexity index is 877. The molecule has 1 aromatic carbocycles. The van der Waals surface area contributed by atoms with Gasteiger partial charge in [0.1, 0.15) is 6.04 Å². The van der Waals surface area contributed by atoms with E-state index in [9.17, 15) is 19.2 Å². The van der Waals surface area contributed by atoms with Gasteiger partial charge in [-0.2, -0.15) is 0 Å². The summed E-state index contributed by atoms with van der Waals surface area (Å²) in [6, 6.07) is 4.30. The molecule has 1 aliphatic carbocycles. The molecule has 4 rings (SSSR count). The summed E-state index contributed by atoms with van der Waals surface area (Å²) >= 11 is 0. The molecule has 1 unspecified atom stereocenters. The first-order chi connectivity index (χ1) is 13.3. The SMILES string of the molecule is CN(Cc1ccc2c(c1)C(=O)N(C1CCC(=O)NC1=O)C2=O)CC1(CN)CC1. The fourth-order valence-corrected chi connectivity index (χ4v) is 4.16. The number of amides is 4. The van der Waals surface area contributed by atoms with Crippen molar-refractivity contribution in [3.63, 3.8) is 0 Å². The first-order valence-electron chi connectivity index (χ1n) is 9.57. The number of nitrogens with two attached hydrogens (primary N) is 1. The molecule has 3 N–H and O–H groups in total. The van der Waals surface area contributed by atoms with Crippen molar-refractivity contribution in [3.8, 4) is 0 Å². The van der Waals surface area contributed by atoms with Gasteiger partial charge in [-0.1, -0.05) is 6.07 Å². The van der Waals surface area contributed by atoms with Crippen LogP contribution < -0.4 is 11.1 Å². The minimum Gasteiger partial charge on any atom is -0.330 e. The minimum atomic E-state index is -0.935. The quantitative estimate of drug-likeness (QED) is 0.680. The molecule has 1 saturated heterocycles. The standard InChI is InChI=1S/C20H24N4O4/c1-23(11-20(10-21)6-7-20)9-12-2-3-13-14(8-12)19(28)24(18(13)27)15-4-5-16(25)22-17(15)26/h2-3,8,15H,4-7,9-11,21H2,1H3,(H,22,25,26). The number of imide groups is 2. The number of piperidine rings is 1. The molecule has 1 atom stereocenters. The monoisotopic (exact) mass is 384 g/mol. The van der Waals surface area contributed by atoms with Gasteiger partial charge >= 0.3 is 0 Å². The number of nitrogens with zero attached hydrogens (tertiary/aromatic N) is 2. The van der Waals surface area contributed by atoms with Crippen LogP contribution in [0.3, 0.4) is 0 Å². The summed E-state index contributed by atoms with van der Waals surface area (Å²) in [5.74, 6) is -1.93. The van der Waals surface area contributed by atoms with E-state index in [0.29, 0.717) is 24.2 Å². The zero-order valence-electron chi connectivity index (χ0n) is 15.9. The molecule has 2 aliphatic heterocycles. The third kappa shape index (κ3) is 3.22. The number of benzene rings is 1.